The Morgan fingerprint density at radius 3 is 2.73 bits per heavy atom. The average Bonchev–Trinajstić information content (AvgIpc) is 2.75. The molecule has 1 aromatic heterocycles. The van der Waals surface area contributed by atoms with Gasteiger partial charge in [-0.25, -0.2) is 9.48 Å². The van der Waals surface area contributed by atoms with E-state index in [-0.39, 0.29) is 0 Å². The van der Waals surface area contributed by atoms with E-state index in [9.17, 15) is 4.79 Å². The van der Waals surface area contributed by atoms with Gasteiger partial charge in [0.1, 0.15) is 5.82 Å². The van der Waals surface area contributed by atoms with Crippen molar-refractivity contribution in [2.45, 2.75) is 39.5 Å². The van der Waals surface area contributed by atoms with Gasteiger partial charge in [-0.3, -0.25) is 5.32 Å². The largest absolute Gasteiger partial charge is 0.351 e. The van der Waals surface area contributed by atoms with Crippen LogP contribution in [0.4, 0.5) is 10.6 Å². The first-order valence-electron chi connectivity index (χ1n) is 7.97. The van der Waals surface area contributed by atoms with Crippen molar-refractivity contribution in [1.29, 1.82) is 0 Å². The summed E-state index contributed by atoms with van der Waals surface area (Å²) in [5.41, 5.74) is 7.30. The summed E-state index contributed by atoms with van der Waals surface area (Å²) in [7, 11) is 2.18. The fourth-order valence-corrected chi connectivity index (χ4v) is 3.01. The first-order chi connectivity index (χ1) is 10.5. The minimum atomic E-state index is -0.560. The number of nitrogens with one attached hydrogen (secondary N) is 1. The number of carbonyl (C=O) groups excluding carboxylic acids is 1. The van der Waals surface area contributed by atoms with Crippen LogP contribution in [-0.4, -0.2) is 40.8 Å². The first-order valence-corrected chi connectivity index (χ1v) is 7.97. The highest BCUT2D eigenvalue weighted by Crippen LogP contribution is 2.25. The summed E-state index contributed by atoms with van der Waals surface area (Å²) in [5, 5.41) is 7.27. The summed E-state index contributed by atoms with van der Waals surface area (Å²) in [6, 6.07) is -0.560. The molecule has 2 amide bonds. The quantitative estimate of drug-likeness (QED) is 0.877. The molecule has 6 nitrogen and oxygen atoms in total. The van der Waals surface area contributed by atoms with Crippen molar-refractivity contribution in [2.75, 3.05) is 25.5 Å². The molecule has 0 bridgehead atoms. The van der Waals surface area contributed by atoms with Crippen LogP contribution in [0.15, 0.2) is 6.08 Å². The van der Waals surface area contributed by atoms with Gasteiger partial charge in [-0.1, -0.05) is 6.08 Å². The molecule has 0 aliphatic carbocycles. The molecule has 0 saturated carbocycles. The van der Waals surface area contributed by atoms with E-state index in [1.807, 2.05) is 26.1 Å². The maximum atomic E-state index is 11.2. The standard InChI is InChI=1S/C16H27N5O/c1-4-9-21-15(18-16(17)22)12(2)14(19-21)6-5-13-7-10-20(3)11-8-13/h4,9,13H,5-8,10-11H2,1-3H3,(H3,17,18,22)/b9-4+. The predicted molar refractivity (Wildman–Crippen MR) is 89.7 cm³/mol. The Morgan fingerprint density at radius 2 is 2.14 bits per heavy atom. The summed E-state index contributed by atoms with van der Waals surface area (Å²) in [6.07, 6.45) is 8.33. The summed E-state index contributed by atoms with van der Waals surface area (Å²) in [4.78, 5) is 13.6. The normalized spacial score (nSPS) is 17.2. The van der Waals surface area contributed by atoms with Crippen molar-refractivity contribution in [3.05, 3.63) is 17.3 Å². The van der Waals surface area contributed by atoms with Crippen LogP contribution < -0.4 is 11.1 Å². The zero-order chi connectivity index (χ0) is 16.1. The van der Waals surface area contributed by atoms with Crippen molar-refractivity contribution in [3.8, 4) is 0 Å². The molecule has 1 saturated heterocycles. The summed E-state index contributed by atoms with van der Waals surface area (Å²) in [6.45, 7) is 6.28. The number of hydrogen-bond donors (Lipinski definition) is 2. The Balaban J connectivity index is 2.05. The number of primary amides is 1. The van der Waals surface area contributed by atoms with E-state index in [1.165, 1.54) is 25.9 Å². The molecule has 1 aromatic rings. The van der Waals surface area contributed by atoms with Crippen LogP contribution in [0.5, 0.6) is 0 Å². The highest BCUT2D eigenvalue weighted by atomic mass is 16.2. The molecule has 22 heavy (non-hydrogen) atoms. The summed E-state index contributed by atoms with van der Waals surface area (Å²) in [5.74, 6) is 1.44. The molecule has 3 N–H and O–H groups in total. The van der Waals surface area contributed by atoms with Crippen LogP contribution >= 0.6 is 0 Å². The van der Waals surface area contributed by atoms with E-state index in [0.717, 1.165) is 30.0 Å². The maximum Gasteiger partial charge on any atom is 0.317 e. The van der Waals surface area contributed by atoms with Crippen molar-refractivity contribution in [1.82, 2.24) is 14.7 Å². The van der Waals surface area contributed by atoms with Crippen molar-refractivity contribution in [2.24, 2.45) is 11.7 Å². The molecule has 0 radical (unpaired) electrons. The molecule has 0 aromatic carbocycles. The third kappa shape index (κ3) is 4.10. The lowest BCUT2D eigenvalue weighted by molar-refractivity contribution is 0.212. The number of urea groups is 1. The molecule has 122 valence electrons. The summed E-state index contributed by atoms with van der Waals surface area (Å²) >= 11 is 0. The number of rotatable bonds is 5. The number of nitrogens with two attached hydrogens (primary N) is 1. The first kappa shape index (κ1) is 16.5. The van der Waals surface area contributed by atoms with Crippen LogP contribution in [0.3, 0.4) is 0 Å². The Kier molecular flexibility index (Phi) is 5.60. The van der Waals surface area contributed by atoms with E-state index in [2.05, 4.69) is 22.4 Å². The number of hydrogen-bond acceptors (Lipinski definition) is 3. The topological polar surface area (TPSA) is 76.2 Å². The van der Waals surface area contributed by atoms with Crippen LogP contribution in [0.25, 0.3) is 6.20 Å². The van der Waals surface area contributed by atoms with Gasteiger partial charge in [0.25, 0.3) is 0 Å². The SMILES string of the molecule is C/C=C/n1nc(CCC2CCN(C)CC2)c(C)c1NC(N)=O. The van der Waals surface area contributed by atoms with Crippen molar-refractivity contribution in [3.63, 3.8) is 0 Å². The Bertz CT molecular complexity index is 541. The lowest BCUT2D eigenvalue weighted by Crippen LogP contribution is -2.30. The number of allylic oxidation sites excluding steroid dienone is 1. The molecular formula is C16H27N5O. The lowest BCUT2D eigenvalue weighted by Gasteiger charge is -2.28. The van der Waals surface area contributed by atoms with Gasteiger partial charge in [0.15, 0.2) is 0 Å². The zero-order valence-electron chi connectivity index (χ0n) is 13.8. The fraction of sp³-hybridized carbons (Fsp3) is 0.625. The molecule has 1 fully saturated rings. The predicted octanol–water partition coefficient (Wildman–Crippen LogP) is 2.45. The molecule has 2 heterocycles. The van der Waals surface area contributed by atoms with Crippen LogP contribution in [0.1, 0.15) is 37.4 Å². The third-order valence-electron chi connectivity index (χ3n) is 4.41. The van der Waals surface area contributed by atoms with Gasteiger partial charge in [0.05, 0.1) is 5.69 Å². The molecule has 6 heteroatoms. The van der Waals surface area contributed by atoms with Gasteiger partial charge >= 0.3 is 6.03 Å². The monoisotopic (exact) mass is 305 g/mol. The number of carbonyl (C=O) groups is 1. The van der Waals surface area contributed by atoms with Crippen LogP contribution in [0.2, 0.25) is 0 Å². The molecule has 0 unspecified atom stereocenters. The van der Waals surface area contributed by atoms with Gasteiger partial charge in [-0.15, -0.1) is 0 Å². The van der Waals surface area contributed by atoms with Crippen molar-refractivity contribution < 1.29 is 4.79 Å². The maximum absolute atomic E-state index is 11.2. The van der Waals surface area contributed by atoms with Gasteiger partial charge < -0.3 is 10.6 Å². The van der Waals surface area contributed by atoms with Gasteiger partial charge in [-0.05, 0) is 65.6 Å². The van der Waals surface area contributed by atoms with Crippen LogP contribution in [-0.2, 0) is 6.42 Å². The Labute approximate surface area is 132 Å². The second-order valence-electron chi connectivity index (χ2n) is 6.12. The number of likely N-dealkylation sites (tertiary alicyclic amines) is 1. The number of aromatic nitrogens is 2. The number of anilines is 1. The lowest BCUT2D eigenvalue weighted by atomic mass is 9.91. The number of piperidine rings is 1. The minimum absolute atomic E-state index is 0.560. The highest BCUT2D eigenvalue weighted by Gasteiger charge is 2.19. The molecule has 1 aliphatic rings. The molecule has 0 spiro atoms. The molecular weight excluding hydrogens is 278 g/mol. The number of nitrogens with zero attached hydrogens (tertiary/aromatic N) is 3. The summed E-state index contributed by atoms with van der Waals surface area (Å²) < 4.78 is 1.70. The van der Waals surface area contributed by atoms with E-state index in [1.54, 1.807) is 4.68 Å². The van der Waals surface area contributed by atoms with E-state index in [0.29, 0.717) is 5.82 Å². The molecule has 0 atom stereocenters. The van der Waals surface area contributed by atoms with E-state index >= 15 is 0 Å². The third-order valence-corrected chi connectivity index (χ3v) is 4.41. The zero-order valence-corrected chi connectivity index (χ0v) is 13.8. The van der Waals surface area contributed by atoms with Crippen molar-refractivity contribution >= 4 is 18.0 Å². The number of aryl methyl sites for hydroxylation is 1. The Morgan fingerprint density at radius 1 is 1.45 bits per heavy atom. The van der Waals surface area contributed by atoms with E-state index in [4.69, 9.17) is 5.73 Å². The highest BCUT2D eigenvalue weighted by molar-refractivity contribution is 5.88. The van der Waals surface area contributed by atoms with E-state index < -0.39 is 6.03 Å². The van der Waals surface area contributed by atoms with Gasteiger partial charge in [-0.2, -0.15) is 5.10 Å². The minimum Gasteiger partial charge on any atom is -0.351 e. The van der Waals surface area contributed by atoms with Gasteiger partial charge in [0, 0.05) is 11.8 Å². The second kappa shape index (κ2) is 7.45. The average molecular weight is 305 g/mol. The Hall–Kier alpha value is -1.82. The second-order valence-corrected chi connectivity index (χ2v) is 6.12. The number of amides is 2. The van der Waals surface area contributed by atoms with Crippen LogP contribution in [0, 0.1) is 12.8 Å². The molecule has 2 rings (SSSR count). The van der Waals surface area contributed by atoms with Gasteiger partial charge in [0.2, 0.25) is 0 Å². The smallest absolute Gasteiger partial charge is 0.317 e. The molecule has 1 aliphatic heterocycles. The fourth-order valence-electron chi connectivity index (χ4n) is 3.01.